The molecule has 0 aromatic rings. The number of ketones is 1. The van der Waals surface area contributed by atoms with Crippen molar-refractivity contribution in [1.29, 1.82) is 0 Å². The highest BCUT2D eigenvalue weighted by Gasteiger charge is 2.03. The van der Waals surface area contributed by atoms with E-state index in [4.69, 9.17) is 0 Å². The minimum Gasteiger partial charge on any atom is -0.317 e. The van der Waals surface area contributed by atoms with E-state index in [9.17, 15) is 4.79 Å². The summed E-state index contributed by atoms with van der Waals surface area (Å²) in [4.78, 5) is 11.0. The summed E-state index contributed by atoms with van der Waals surface area (Å²) in [7, 11) is 0. The van der Waals surface area contributed by atoms with Crippen LogP contribution in [0.3, 0.4) is 0 Å². The van der Waals surface area contributed by atoms with Crippen LogP contribution in [0.4, 0.5) is 0 Å². The van der Waals surface area contributed by atoms with Crippen LogP contribution in [0.1, 0.15) is 32.1 Å². The number of carbonyl (C=O) groups excluding carboxylic acids is 1. The summed E-state index contributed by atoms with van der Waals surface area (Å²) in [6, 6.07) is 0. The molecule has 0 unspecified atom stereocenters. The Balaban J connectivity index is 2.21. The molecule has 0 saturated carbocycles. The summed E-state index contributed by atoms with van der Waals surface area (Å²) >= 11 is 0. The van der Waals surface area contributed by atoms with E-state index >= 15 is 0 Å². The maximum absolute atomic E-state index is 11.0. The van der Waals surface area contributed by atoms with Gasteiger partial charge in [0.05, 0.1) is 0 Å². The van der Waals surface area contributed by atoms with Crippen molar-refractivity contribution in [1.82, 2.24) is 5.32 Å². The standard InChI is InChI=1S/C8H15NO/c10-8-4-1-2-6-9-7-3-5-8/h9H,1-7H2. The number of Topliss-reactive ketones (excluding diaryl/α,β-unsaturated/α-hetero) is 1. The van der Waals surface area contributed by atoms with Gasteiger partial charge >= 0.3 is 0 Å². The van der Waals surface area contributed by atoms with Gasteiger partial charge in [-0.15, -0.1) is 0 Å². The van der Waals surface area contributed by atoms with E-state index in [0.29, 0.717) is 5.78 Å². The van der Waals surface area contributed by atoms with Gasteiger partial charge in [-0.2, -0.15) is 0 Å². The third kappa shape index (κ3) is 2.97. The van der Waals surface area contributed by atoms with Gasteiger partial charge in [0.15, 0.2) is 0 Å². The molecule has 1 fully saturated rings. The molecule has 1 heterocycles. The third-order valence-electron chi connectivity index (χ3n) is 1.87. The van der Waals surface area contributed by atoms with E-state index < -0.39 is 0 Å². The second-order valence-corrected chi connectivity index (χ2v) is 2.85. The molecule has 2 nitrogen and oxygen atoms in total. The normalized spacial score (nSPS) is 23.0. The highest BCUT2D eigenvalue weighted by molar-refractivity contribution is 5.78. The molecule has 0 aromatic heterocycles. The Morgan fingerprint density at radius 1 is 1.00 bits per heavy atom. The molecule has 0 spiro atoms. The predicted molar refractivity (Wildman–Crippen MR) is 41.0 cm³/mol. The van der Waals surface area contributed by atoms with E-state index in [2.05, 4.69) is 5.32 Å². The van der Waals surface area contributed by atoms with Crippen LogP contribution in [0.15, 0.2) is 0 Å². The van der Waals surface area contributed by atoms with Crippen molar-refractivity contribution in [3.05, 3.63) is 0 Å². The molecule has 0 bridgehead atoms. The maximum atomic E-state index is 11.0. The van der Waals surface area contributed by atoms with Crippen LogP contribution in [0, 0.1) is 0 Å². The van der Waals surface area contributed by atoms with E-state index in [1.54, 1.807) is 0 Å². The van der Waals surface area contributed by atoms with Crippen LogP contribution in [0.2, 0.25) is 0 Å². The smallest absolute Gasteiger partial charge is 0.132 e. The van der Waals surface area contributed by atoms with Gasteiger partial charge in [0.25, 0.3) is 0 Å². The first-order valence-corrected chi connectivity index (χ1v) is 4.12. The first kappa shape index (κ1) is 7.73. The van der Waals surface area contributed by atoms with Crippen molar-refractivity contribution in [2.45, 2.75) is 32.1 Å². The molecule has 0 radical (unpaired) electrons. The topological polar surface area (TPSA) is 29.1 Å². The third-order valence-corrected chi connectivity index (χ3v) is 1.87. The Kier molecular flexibility index (Phi) is 3.44. The number of nitrogens with one attached hydrogen (secondary N) is 1. The monoisotopic (exact) mass is 141 g/mol. The molecular weight excluding hydrogens is 126 g/mol. The van der Waals surface area contributed by atoms with Crippen molar-refractivity contribution < 1.29 is 4.79 Å². The fourth-order valence-electron chi connectivity index (χ4n) is 1.23. The Bertz CT molecular complexity index is 99.8. The van der Waals surface area contributed by atoms with Gasteiger partial charge in [0.1, 0.15) is 5.78 Å². The lowest BCUT2D eigenvalue weighted by Gasteiger charge is -1.97. The van der Waals surface area contributed by atoms with Crippen LogP contribution in [-0.2, 0) is 4.79 Å². The molecule has 0 aliphatic carbocycles. The lowest BCUT2D eigenvalue weighted by Crippen LogP contribution is -2.15. The van der Waals surface area contributed by atoms with Gasteiger partial charge in [0.2, 0.25) is 0 Å². The number of hydrogen-bond acceptors (Lipinski definition) is 2. The second kappa shape index (κ2) is 4.45. The predicted octanol–water partition coefficient (Wildman–Crippen LogP) is 1.11. The zero-order chi connectivity index (χ0) is 7.23. The van der Waals surface area contributed by atoms with E-state index in [-0.39, 0.29) is 0 Å². The molecule has 1 aliphatic rings. The molecule has 1 aliphatic heterocycles. The van der Waals surface area contributed by atoms with Crippen LogP contribution in [0.25, 0.3) is 0 Å². The number of carbonyl (C=O) groups is 1. The molecule has 1 N–H and O–H groups in total. The van der Waals surface area contributed by atoms with E-state index in [0.717, 1.165) is 45.2 Å². The average molecular weight is 141 g/mol. The van der Waals surface area contributed by atoms with Gasteiger partial charge in [-0.1, -0.05) is 0 Å². The minimum absolute atomic E-state index is 0.448. The summed E-state index contributed by atoms with van der Waals surface area (Å²) in [5.41, 5.74) is 0. The van der Waals surface area contributed by atoms with Crippen LogP contribution < -0.4 is 5.32 Å². The van der Waals surface area contributed by atoms with Gasteiger partial charge in [-0.3, -0.25) is 4.79 Å². The summed E-state index contributed by atoms with van der Waals surface area (Å²) in [6.45, 7) is 2.11. The van der Waals surface area contributed by atoms with Crippen LogP contribution >= 0.6 is 0 Å². The Hall–Kier alpha value is -0.370. The minimum atomic E-state index is 0.448. The van der Waals surface area contributed by atoms with Gasteiger partial charge in [-0.05, 0) is 32.4 Å². The van der Waals surface area contributed by atoms with Crippen molar-refractivity contribution in [2.75, 3.05) is 13.1 Å². The maximum Gasteiger partial charge on any atom is 0.132 e. The van der Waals surface area contributed by atoms with Crippen LogP contribution in [0.5, 0.6) is 0 Å². The first-order valence-electron chi connectivity index (χ1n) is 4.12. The molecule has 0 atom stereocenters. The molecule has 2 heteroatoms. The molecule has 58 valence electrons. The average Bonchev–Trinajstić information content (AvgIpc) is 2.02. The van der Waals surface area contributed by atoms with Crippen molar-refractivity contribution in [3.8, 4) is 0 Å². The molecule has 0 aromatic carbocycles. The van der Waals surface area contributed by atoms with Gasteiger partial charge in [-0.25, -0.2) is 0 Å². The largest absolute Gasteiger partial charge is 0.317 e. The fourth-order valence-corrected chi connectivity index (χ4v) is 1.23. The zero-order valence-corrected chi connectivity index (χ0v) is 6.36. The SMILES string of the molecule is O=C1CCCCNCCC1. The number of hydrogen-bond donors (Lipinski definition) is 1. The van der Waals surface area contributed by atoms with Crippen molar-refractivity contribution >= 4 is 5.78 Å². The highest BCUT2D eigenvalue weighted by Crippen LogP contribution is 2.02. The summed E-state index contributed by atoms with van der Waals surface area (Å²) in [6.07, 6.45) is 4.85. The van der Waals surface area contributed by atoms with Crippen LogP contribution in [-0.4, -0.2) is 18.9 Å². The summed E-state index contributed by atoms with van der Waals surface area (Å²) < 4.78 is 0. The van der Waals surface area contributed by atoms with Gasteiger partial charge in [0, 0.05) is 12.8 Å². The fraction of sp³-hybridized carbons (Fsp3) is 0.875. The highest BCUT2D eigenvalue weighted by atomic mass is 16.1. The quantitative estimate of drug-likeness (QED) is 0.547. The molecular formula is C8H15NO. The van der Waals surface area contributed by atoms with Gasteiger partial charge < -0.3 is 5.32 Å². The van der Waals surface area contributed by atoms with E-state index in [1.807, 2.05) is 0 Å². The molecule has 1 rings (SSSR count). The molecule has 0 amide bonds. The van der Waals surface area contributed by atoms with Crippen molar-refractivity contribution in [3.63, 3.8) is 0 Å². The second-order valence-electron chi connectivity index (χ2n) is 2.85. The summed E-state index contributed by atoms with van der Waals surface area (Å²) in [5.74, 6) is 0.448. The lowest BCUT2D eigenvalue weighted by molar-refractivity contribution is -0.119. The lowest BCUT2D eigenvalue weighted by atomic mass is 10.1. The Morgan fingerprint density at radius 2 is 1.70 bits per heavy atom. The van der Waals surface area contributed by atoms with E-state index in [1.165, 1.54) is 0 Å². The first-order chi connectivity index (χ1) is 4.89. The zero-order valence-electron chi connectivity index (χ0n) is 6.36. The molecule has 10 heavy (non-hydrogen) atoms. The Labute approximate surface area is 62.0 Å². The van der Waals surface area contributed by atoms with Crippen molar-refractivity contribution in [2.24, 2.45) is 0 Å². The Morgan fingerprint density at radius 3 is 2.60 bits per heavy atom. The molecule has 1 saturated heterocycles. The number of rotatable bonds is 0. The summed E-state index contributed by atoms with van der Waals surface area (Å²) in [5, 5.41) is 3.30.